The number of methoxy groups -OCH3 is 1. The number of nitrogen functional groups attached to an aromatic ring is 1. The molecule has 11 heteroatoms. The summed E-state index contributed by atoms with van der Waals surface area (Å²) in [5, 5.41) is 18.2. The monoisotopic (exact) mass is 505 g/mol. The highest BCUT2D eigenvalue weighted by Crippen LogP contribution is 2.36. The topological polar surface area (TPSA) is 140 Å². The maximum atomic E-state index is 10.7. The van der Waals surface area contributed by atoms with Gasteiger partial charge in [-0.15, -0.1) is 0 Å². The molecule has 2 aromatic heterocycles. The van der Waals surface area contributed by atoms with Crippen molar-refractivity contribution in [2.75, 3.05) is 62.6 Å². The Morgan fingerprint density at radius 2 is 1.73 bits per heavy atom. The zero-order chi connectivity index (χ0) is 26.7. The smallest absolute Gasteiger partial charge is 0.232 e. The van der Waals surface area contributed by atoms with Gasteiger partial charge in [0.05, 0.1) is 29.8 Å². The lowest BCUT2D eigenvalue weighted by Crippen LogP contribution is -2.29. The standard InChI is InChI=1S/C26H35N9O2/c1-26(2,36)17-12-19-16(7-8-28-19)11-20(17)31-24-29-15-30-25(33-24)32-21-13-18(27)22(14-23(21)37-6)35(5)10-9-34(3)4/h7-8,11-15,28,36H,9-10,27H2,1-6H3,(H2,29,30,31,32,33). The first-order valence-electron chi connectivity index (χ1n) is 12.0. The molecule has 11 nitrogen and oxygen atoms in total. The van der Waals surface area contributed by atoms with E-state index in [1.165, 1.54) is 6.33 Å². The van der Waals surface area contributed by atoms with E-state index in [4.69, 9.17) is 10.5 Å². The van der Waals surface area contributed by atoms with E-state index in [2.05, 4.69) is 40.4 Å². The molecule has 4 aromatic rings. The van der Waals surface area contributed by atoms with Crippen LogP contribution in [0.2, 0.25) is 0 Å². The molecule has 0 saturated carbocycles. The third-order valence-electron chi connectivity index (χ3n) is 6.06. The number of fused-ring (bicyclic) bond motifs is 1. The maximum absolute atomic E-state index is 10.7. The first-order chi connectivity index (χ1) is 17.5. The zero-order valence-corrected chi connectivity index (χ0v) is 22.1. The number of nitrogens with two attached hydrogens (primary N) is 1. The van der Waals surface area contributed by atoms with E-state index in [0.717, 1.165) is 29.7 Å². The molecular formula is C26H35N9O2. The molecule has 0 radical (unpaired) electrons. The molecule has 0 atom stereocenters. The molecule has 0 aliphatic carbocycles. The highest BCUT2D eigenvalue weighted by Gasteiger charge is 2.22. The number of aromatic nitrogens is 4. The molecule has 6 N–H and O–H groups in total. The zero-order valence-electron chi connectivity index (χ0n) is 22.1. The van der Waals surface area contributed by atoms with Gasteiger partial charge in [-0.2, -0.15) is 4.98 Å². The molecule has 0 spiro atoms. The van der Waals surface area contributed by atoms with E-state index >= 15 is 0 Å². The molecule has 0 saturated heterocycles. The minimum absolute atomic E-state index is 0.316. The van der Waals surface area contributed by atoms with Gasteiger partial charge in [0, 0.05) is 54.6 Å². The highest BCUT2D eigenvalue weighted by atomic mass is 16.5. The average Bonchev–Trinajstić information content (AvgIpc) is 3.29. The molecule has 2 heterocycles. The summed E-state index contributed by atoms with van der Waals surface area (Å²) in [4.78, 5) is 20.4. The number of H-pyrrole nitrogens is 1. The molecular weight excluding hydrogens is 470 g/mol. The lowest BCUT2D eigenvalue weighted by molar-refractivity contribution is 0.0795. The van der Waals surface area contributed by atoms with Crippen LogP contribution in [0.3, 0.4) is 0 Å². The van der Waals surface area contributed by atoms with E-state index in [9.17, 15) is 5.11 Å². The van der Waals surface area contributed by atoms with Crippen molar-refractivity contribution in [1.29, 1.82) is 0 Å². The van der Waals surface area contributed by atoms with E-state index < -0.39 is 5.60 Å². The van der Waals surface area contributed by atoms with Crippen molar-refractivity contribution in [3.8, 4) is 5.75 Å². The Balaban J connectivity index is 1.59. The lowest BCUT2D eigenvalue weighted by atomic mass is 9.95. The molecule has 37 heavy (non-hydrogen) atoms. The maximum Gasteiger partial charge on any atom is 0.232 e. The number of rotatable bonds is 10. The van der Waals surface area contributed by atoms with Crippen molar-refractivity contribution in [1.82, 2.24) is 24.8 Å². The summed E-state index contributed by atoms with van der Waals surface area (Å²) in [6.45, 7) is 5.18. The van der Waals surface area contributed by atoms with Crippen molar-refractivity contribution in [2.45, 2.75) is 19.4 Å². The van der Waals surface area contributed by atoms with E-state index in [-0.39, 0.29) is 0 Å². The SMILES string of the molecule is COc1cc(N(C)CCN(C)C)c(N)cc1Nc1ncnc(Nc2cc3cc[nH]c3cc2C(C)(C)O)n1. The summed E-state index contributed by atoms with van der Waals surface area (Å²) in [7, 11) is 7.67. The van der Waals surface area contributed by atoms with Crippen LogP contribution in [-0.4, -0.2) is 71.3 Å². The van der Waals surface area contributed by atoms with Gasteiger partial charge in [0.2, 0.25) is 11.9 Å². The van der Waals surface area contributed by atoms with Crippen LogP contribution in [0.1, 0.15) is 19.4 Å². The van der Waals surface area contributed by atoms with Crippen LogP contribution in [0.4, 0.5) is 34.6 Å². The number of hydrogen-bond acceptors (Lipinski definition) is 10. The molecule has 196 valence electrons. The Morgan fingerprint density at radius 1 is 1.03 bits per heavy atom. The predicted octanol–water partition coefficient (Wildman–Crippen LogP) is 3.66. The van der Waals surface area contributed by atoms with E-state index in [0.29, 0.717) is 40.3 Å². The van der Waals surface area contributed by atoms with Gasteiger partial charge < -0.3 is 41.0 Å². The molecule has 2 aromatic carbocycles. The number of likely N-dealkylation sites (N-methyl/N-ethyl adjacent to an activating group) is 2. The first-order valence-corrected chi connectivity index (χ1v) is 12.0. The third-order valence-corrected chi connectivity index (χ3v) is 6.06. The number of nitrogens with zero attached hydrogens (tertiary/aromatic N) is 5. The summed E-state index contributed by atoms with van der Waals surface area (Å²) in [5.41, 5.74) is 9.76. The van der Waals surface area contributed by atoms with Gasteiger partial charge in [0.25, 0.3) is 0 Å². The normalized spacial score (nSPS) is 11.7. The van der Waals surface area contributed by atoms with Crippen LogP contribution < -0.4 is 26.0 Å². The quantitative estimate of drug-likeness (QED) is 0.203. The minimum atomic E-state index is -1.08. The Hall–Kier alpha value is -4.09. The van der Waals surface area contributed by atoms with Crippen molar-refractivity contribution in [2.24, 2.45) is 0 Å². The predicted molar refractivity (Wildman–Crippen MR) is 149 cm³/mol. The summed E-state index contributed by atoms with van der Waals surface area (Å²) in [5.74, 6) is 1.25. The fourth-order valence-corrected chi connectivity index (χ4v) is 4.02. The fourth-order valence-electron chi connectivity index (χ4n) is 4.02. The van der Waals surface area contributed by atoms with Gasteiger partial charge in [-0.05, 0) is 52.2 Å². The van der Waals surface area contributed by atoms with E-state index in [1.807, 2.05) is 57.7 Å². The van der Waals surface area contributed by atoms with Crippen molar-refractivity contribution >= 4 is 45.5 Å². The second-order valence-corrected chi connectivity index (χ2v) is 9.74. The minimum Gasteiger partial charge on any atom is -0.494 e. The van der Waals surface area contributed by atoms with Crippen LogP contribution >= 0.6 is 0 Å². The molecule has 0 amide bonds. The fraction of sp³-hybridized carbons (Fsp3) is 0.346. The second kappa shape index (κ2) is 10.5. The summed E-state index contributed by atoms with van der Waals surface area (Å²) < 4.78 is 5.63. The Morgan fingerprint density at radius 3 is 2.38 bits per heavy atom. The Labute approximate surface area is 216 Å². The van der Waals surface area contributed by atoms with Gasteiger partial charge in [0.15, 0.2) is 0 Å². The summed E-state index contributed by atoms with van der Waals surface area (Å²) in [6.07, 6.45) is 3.27. The van der Waals surface area contributed by atoms with Crippen LogP contribution in [0, 0.1) is 0 Å². The number of aromatic amines is 1. The van der Waals surface area contributed by atoms with Crippen molar-refractivity contribution in [3.05, 3.63) is 48.4 Å². The lowest BCUT2D eigenvalue weighted by Gasteiger charge is -2.24. The van der Waals surface area contributed by atoms with E-state index in [1.54, 1.807) is 21.0 Å². The third kappa shape index (κ3) is 6.01. The van der Waals surface area contributed by atoms with Crippen LogP contribution in [-0.2, 0) is 5.60 Å². The van der Waals surface area contributed by atoms with Crippen LogP contribution in [0.15, 0.2) is 42.9 Å². The van der Waals surface area contributed by atoms with Gasteiger partial charge in [-0.3, -0.25) is 0 Å². The highest BCUT2D eigenvalue weighted by molar-refractivity contribution is 5.86. The van der Waals surface area contributed by atoms with Gasteiger partial charge in [-0.1, -0.05) is 0 Å². The summed E-state index contributed by atoms with van der Waals surface area (Å²) >= 11 is 0. The van der Waals surface area contributed by atoms with Crippen molar-refractivity contribution < 1.29 is 9.84 Å². The van der Waals surface area contributed by atoms with Gasteiger partial charge in [0.1, 0.15) is 12.1 Å². The average molecular weight is 506 g/mol. The summed E-state index contributed by atoms with van der Waals surface area (Å²) in [6, 6.07) is 9.54. The Kier molecular flexibility index (Phi) is 7.37. The number of aliphatic hydroxyl groups is 1. The number of hydrogen-bond donors (Lipinski definition) is 5. The van der Waals surface area contributed by atoms with Crippen LogP contribution in [0.5, 0.6) is 5.75 Å². The number of ether oxygens (including phenoxy) is 1. The second-order valence-electron chi connectivity index (χ2n) is 9.74. The number of benzene rings is 2. The molecule has 0 aliphatic heterocycles. The van der Waals surface area contributed by atoms with Gasteiger partial charge >= 0.3 is 0 Å². The van der Waals surface area contributed by atoms with Crippen LogP contribution in [0.25, 0.3) is 10.9 Å². The molecule has 0 aliphatic rings. The first kappa shape index (κ1) is 26.0. The molecule has 0 fully saturated rings. The number of nitrogens with one attached hydrogen (secondary N) is 3. The molecule has 0 bridgehead atoms. The number of anilines is 6. The van der Waals surface area contributed by atoms with Crippen molar-refractivity contribution in [3.63, 3.8) is 0 Å². The largest absolute Gasteiger partial charge is 0.494 e. The molecule has 4 rings (SSSR count). The van der Waals surface area contributed by atoms with Gasteiger partial charge in [-0.25, -0.2) is 9.97 Å². The Bertz CT molecular complexity index is 1380. The molecule has 0 unspecified atom stereocenters.